The third kappa shape index (κ3) is 2.25. The Labute approximate surface area is 147 Å². The number of allylic oxidation sites excluding steroid dienone is 2. The first-order valence-corrected chi connectivity index (χ1v) is 9.96. The molecule has 0 saturated carbocycles. The van der Waals surface area contributed by atoms with Gasteiger partial charge in [0.15, 0.2) is 0 Å². The van der Waals surface area contributed by atoms with E-state index in [9.17, 15) is 0 Å². The molecule has 0 atom stereocenters. The van der Waals surface area contributed by atoms with Gasteiger partial charge in [0.05, 0.1) is 11.4 Å². The summed E-state index contributed by atoms with van der Waals surface area (Å²) < 4.78 is 4.50. The van der Waals surface area contributed by atoms with Gasteiger partial charge in [0, 0.05) is 45.0 Å². The average molecular weight is 361 g/mol. The molecular weight excluding hydrogens is 348 g/mol. The summed E-state index contributed by atoms with van der Waals surface area (Å²) in [6.45, 7) is 1.83. The first-order chi connectivity index (χ1) is 10.8. The number of rotatable bonds is 5. The summed E-state index contributed by atoms with van der Waals surface area (Å²) in [5.41, 5.74) is 4.72. The highest BCUT2D eigenvalue weighted by molar-refractivity contribution is 8.76. The molecule has 2 aliphatic rings. The topological polar surface area (TPSA) is 9.86 Å². The summed E-state index contributed by atoms with van der Waals surface area (Å²) in [5.74, 6) is 0. The predicted octanol–water partition coefficient (Wildman–Crippen LogP) is 4.84. The Morgan fingerprint density at radius 2 is 1.27 bits per heavy atom. The molecule has 6 heteroatoms. The molecule has 0 N–H and O–H groups in total. The van der Waals surface area contributed by atoms with Crippen LogP contribution >= 0.6 is 46.0 Å². The fourth-order valence-electron chi connectivity index (χ4n) is 2.82. The molecular formula is C16H12N2S4. The molecule has 0 radical (unpaired) electrons. The van der Waals surface area contributed by atoms with Crippen LogP contribution in [0.25, 0.3) is 12.2 Å². The lowest BCUT2D eigenvalue weighted by Gasteiger charge is -2.05. The molecule has 0 bridgehead atoms. The number of hydrogen-bond acceptors (Lipinski definition) is 4. The smallest absolute Gasteiger partial charge is 0.0670 e. The van der Waals surface area contributed by atoms with Gasteiger partial charge in [-0.1, -0.05) is 58.2 Å². The molecule has 0 aromatic carbocycles. The summed E-state index contributed by atoms with van der Waals surface area (Å²) >= 11 is 10.4. The monoisotopic (exact) mass is 360 g/mol. The molecule has 0 saturated heterocycles. The number of nitrogens with zero attached hydrogens (tertiary/aromatic N) is 2. The van der Waals surface area contributed by atoms with Crippen LogP contribution in [0.4, 0.5) is 0 Å². The van der Waals surface area contributed by atoms with Crippen molar-refractivity contribution >= 4 is 68.9 Å². The van der Waals surface area contributed by atoms with Gasteiger partial charge in [0.25, 0.3) is 0 Å². The van der Waals surface area contributed by atoms with Gasteiger partial charge in [-0.2, -0.15) is 0 Å². The van der Waals surface area contributed by atoms with Crippen molar-refractivity contribution in [3.8, 4) is 0 Å². The Hall–Kier alpha value is -1.08. The molecule has 0 amide bonds. The van der Waals surface area contributed by atoms with Crippen molar-refractivity contribution in [1.29, 1.82) is 0 Å². The van der Waals surface area contributed by atoms with Crippen molar-refractivity contribution < 1.29 is 0 Å². The largest absolute Gasteiger partial charge is 0.336 e. The first kappa shape index (κ1) is 14.5. The molecule has 0 unspecified atom stereocenters. The molecule has 4 rings (SSSR count). The zero-order valence-corrected chi connectivity index (χ0v) is 14.8. The maximum atomic E-state index is 5.20. The zero-order chi connectivity index (χ0) is 15.1. The molecule has 2 aromatic rings. The van der Waals surface area contributed by atoms with E-state index in [0.29, 0.717) is 0 Å². The van der Waals surface area contributed by atoms with Gasteiger partial charge in [0.1, 0.15) is 0 Å². The van der Waals surface area contributed by atoms with Gasteiger partial charge in [-0.15, -0.1) is 0 Å². The van der Waals surface area contributed by atoms with Crippen molar-refractivity contribution in [2.45, 2.75) is 22.9 Å². The van der Waals surface area contributed by atoms with E-state index >= 15 is 0 Å². The summed E-state index contributed by atoms with van der Waals surface area (Å²) in [7, 11) is 3.51. The van der Waals surface area contributed by atoms with Crippen LogP contribution < -0.4 is 0 Å². The molecule has 2 aliphatic heterocycles. The van der Waals surface area contributed by atoms with E-state index in [4.69, 9.17) is 24.4 Å². The molecule has 0 fully saturated rings. The molecule has 0 aliphatic carbocycles. The summed E-state index contributed by atoms with van der Waals surface area (Å²) in [5, 5.41) is 3.56. The van der Waals surface area contributed by atoms with E-state index in [-0.39, 0.29) is 0 Å². The van der Waals surface area contributed by atoms with Gasteiger partial charge in [-0.25, -0.2) is 0 Å². The van der Waals surface area contributed by atoms with Crippen molar-refractivity contribution in [3.05, 3.63) is 47.1 Å². The van der Waals surface area contributed by atoms with Gasteiger partial charge in [-0.3, -0.25) is 0 Å². The molecule has 22 heavy (non-hydrogen) atoms. The quantitative estimate of drug-likeness (QED) is 0.557. The lowest BCUT2D eigenvalue weighted by Crippen LogP contribution is -1.98. The van der Waals surface area contributed by atoms with Crippen LogP contribution in [0.2, 0.25) is 0 Å². The second kappa shape index (κ2) is 5.85. The van der Waals surface area contributed by atoms with Gasteiger partial charge < -0.3 is 9.13 Å². The summed E-state index contributed by atoms with van der Waals surface area (Å²) in [6, 6.07) is 4.42. The van der Waals surface area contributed by atoms with Crippen LogP contribution in [0.3, 0.4) is 0 Å². The number of thiocarbonyl (C=S) groups is 2. The second-order valence-electron chi connectivity index (χ2n) is 5.07. The van der Waals surface area contributed by atoms with Crippen LogP contribution in [-0.2, 0) is 13.1 Å². The fourth-order valence-corrected chi connectivity index (χ4v) is 5.85. The highest BCUT2D eigenvalue weighted by Crippen LogP contribution is 2.43. The molecule has 110 valence electrons. The Morgan fingerprint density at radius 1 is 0.818 bits per heavy atom. The van der Waals surface area contributed by atoms with Crippen LogP contribution in [0.5, 0.6) is 0 Å². The third-order valence-corrected chi connectivity index (χ3v) is 6.74. The SMILES string of the molecule is S=Cc1c(SSc2cc3n(c2C=S)CC=C3)cc2n1CC=C2. The van der Waals surface area contributed by atoms with Gasteiger partial charge in [0.2, 0.25) is 0 Å². The highest BCUT2D eigenvalue weighted by Gasteiger charge is 2.18. The maximum absolute atomic E-state index is 5.20. The Kier molecular flexibility index (Phi) is 3.86. The van der Waals surface area contributed by atoms with Crippen LogP contribution in [0.15, 0.2) is 34.1 Å². The number of aromatic nitrogens is 2. The van der Waals surface area contributed by atoms with E-state index in [1.54, 1.807) is 32.3 Å². The Morgan fingerprint density at radius 3 is 1.68 bits per heavy atom. The lowest BCUT2D eigenvalue weighted by molar-refractivity contribution is 0.835. The highest BCUT2D eigenvalue weighted by atomic mass is 33.1. The minimum Gasteiger partial charge on any atom is -0.336 e. The van der Waals surface area contributed by atoms with Gasteiger partial charge in [-0.05, 0) is 24.3 Å². The Balaban J connectivity index is 1.61. The summed E-state index contributed by atoms with van der Waals surface area (Å²) in [6.07, 6.45) is 8.62. The summed E-state index contributed by atoms with van der Waals surface area (Å²) in [4.78, 5) is 2.44. The van der Waals surface area contributed by atoms with E-state index in [1.165, 1.54) is 21.2 Å². The van der Waals surface area contributed by atoms with E-state index in [1.807, 2.05) is 0 Å². The second-order valence-corrected chi connectivity index (χ2v) is 7.75. The van der Waals surface area contributed by atoms with Gasteiger partial charge >= 0.3 is 0 Å². The van der Waals surface area contributed by atoms with Crippen molar-refractivity contribution in [2.24, 2.45) is 0 Å². The zero-order valence-electron chi connectivity index (χ0n) is 11.6. The fraction of sp³-hybridized carbons (Fsp3) is 0.125. The standard InChI is InChI=1S/C16H12N2S4/c19-9-13-15(7-11-3-1-5-17(11)13)21-22-16-8-12-4-2-6-18(12)14(16)10-20/h1-4,7-10H,5-6H2. The number of fused-ring (bicyclic) bond motifs is 2. The first-order valence-electron chi connectivity index (χ1n) is 6.87. The lowest BCUT2D eigenvalue weighted by atomic mass is 10.4. The predicted molar refractivity (Wildman–Crippen MR) is 104 cm³/mol. The normalized spacial score (nSPS) is 14.4. The van der Waals surface area contributed by atoms with Crippen molar-refractivity contribution in [1.82, 2.24) is 9.13 Å². The molecule has 2 nitrogen and oxygen atoms in total. The average Bonchev–Trinajstić information content (AvgIpc) is 3.24. The molecule has 0 spiro atoms. The maximum Gasteiger partial charge on any atom is 0.0670 e. The van der Waals surface area contributed by atoms with Crippen molar-refractivity contribution in [3.63, 3.8) is 0 Å². The van der Waals surface area contributed by atoms with Crippen LogP contribution in [-0.4, -0.2) is 19.9 Å². The van der Waals surface area contributed by atoms with Crippen LogP contribution in [0.1, 0.15) is 22.8 Å². The molecule has 2 aromatic heterocycles. The Bertz CT molecular complexity index is 769. The third-order valence-electron chi connectivity index (χ3n) is 3.87. The van der Waals surface area contributed by atoms with E-state index < -0.39 is 0 Å². The van der Waals surface area contributed by atoms with Crippen molar-refractivity contribution in [2.75, 3.05) is 0 Å². The number of hydrogen-bond donors (Lipinski definition) is 0. The minimum atomic E-state index is 0.916. The van der Waals surface area contributed by atoms with E-state index in [2.05, 4.69) is 45.6 Å². The van der Waals surface area contributed by atoms with Crippen LogP contribution in [0, 0.1) is 0 Å². The minimum absolute atomic E-state index is 0.916. The molecule has 4 heterocycles. The van der Waals surface area contributed by atoms with E-state index in [0.717, 1.165) is 24.5 Å².